The molecule has 0 bridgehead atoms. The molecule has 0 radical (unpaired) electrons. The summed E-state index contributed by atoms with van der Waals surface area (Å²) in [5.41, 5.74) is 4.55. The Balaban J connectivity index is 1.43. The van der Waals surface area contributed by atoms with Crippen LogP contribution in [0.1, 0.15) is 71.7 Å². The molecule has 2 aromatic carbocycles. The van der Waals surface area contributed by atoms with Gasteiger partial charge in [-0.05, 0) is 55.0 Å². The molecule has 0 aromatic heterocycles. The summed E-state index contributed by atoms with van der Waals surface area (Å²) in [7, 11) is 1.76. The van der Waals surface area contributed by atoms with Gasteiger partial charge in [-0.2, -0.15) is 0 Å². The van der Waals surface area contributed by atoms with Crippen LogP contribution in [0.2, 0.25) is 0 Å². The van der Waals surface area contributed by atoms with E-state index >= 15 is 0 Å². The van der Waals surface area contributed by atoms with E-state index in [0.717, 1.165) is 49.1 Å². The molecule has 3 atom stereocenters. The summed E-state index contributed by atoms with van der Waals surface area (Å²) in [5.74, 6) is 1.33. The van der Waals surface area contributed by atoms with Crippen LogP contribution in [0.4, 0.5) is 0 Å². The number of methoxy groups -OCH3 is 1. The van der Waals surface area contributed by atoms with Gasteiger partial charge >= 0.3 is 5.97 Å². The number of nitrogens with one attached hydrogen (secondary N) is 1. The monoisotopic (exact) mass is 379 g/mol. The fourth-order valence-electron chi connectivity index (χ4n) is 4.85. The Morgan fingerprint density at radius 2 is 1.93 bits per heavy atom. The molecule has 1 aliphatic heterocycles. The van der Waals surface area contributed by atoms with Crippen molar-refractivity contribution >= 4 is 5.97 Å². The second kappa shape index (κ2) is 8.36. The van der Waals surface area contributed by atoms with Crippen molar-refractivity contribution in [2.24, 2.45) is 0 Å². The molecule has 1 heterocycles. The maximum Gasteiger partial charge on any atom is 0.339 e. The fraction of sp³-hybridized carbons (Fsp3) is 0.458. The Labute approximate surface area is 167 Å². The lowest BCUT2D eigenvalue weighted by atomic mass is 9.76. The maximum absolute atomic E-state index is 12.0. The molecule has 4 rings (SSSR count). The highest BCUT2D eigenvalue weighted by molar-refractivity contribution is 5.93. The molecule has 1 N–H and O–H groups in total. The Hall–Kier alpha value is -2.33. The Bertz CT molecular complexity index is 847. The highest BCUT2D eigenvalue weighted by Crippen LogP contribution is 2.39. The number of cyclic esters (lactones) is 1. The van der Waals surface area contributed by atoms with Gasteiger partial charge in [0.15, 0.2) is 0 Å². The summed E-state index contributed by atoms with van der Waals surface area (Å²) in [6.07, 6.45) is 5.16. The van der Waals surface area contributed by atoms with E-state index in [-0.39, 0.29) is 12.1 Å². The van der Waals surface area contributed by atoms with Crippen molar-refractivity contribution in [1.82, 2.24) is 5.32 Å². The maximum atomic E-state index is 12.0. The van der Waals surface area contributed by atoms with Gasteiger partial charge in [0, 0.05) is 18.0 Å². The molecule has 0 spiro atoms. The molecule has 3 unspecified atom stereocenters. The van der Waals surface area contributed by atoms with Gasteiger partial charge in [-0.15, -0.1) is 0 Å². The van der Waals surface area contributed by atoms with Gasteiger partial charge < -0.3 is 14.8 Å². The zero-order valence-electron chi connectivity index (χ0n) is 16.7. The molecule has 0 saturated carbocycles. The molecule has 2 aliphatic rings. The van der Waals surface area contributed by atoms with Crippen LogP contribution < -0.4 is 10.1 Å². The van der Waals surface area contributed by atoms with E-state index in [4.69, 9.17) is 9.47 Å². The van der Waals surface area contributed by atoms with Gasteiger partial charge in [-0.1, -0.05) is 43.7 Å². The van der Waals surface area contributed by atoms with E-state index in [2.05, 4.69) is 30.4 Å². The quantitative estimate of drug-likeness (QED) is 0.703. The molecular formula is C24H29NO3. The molecule has 28 heavy (non-hydrogen) atoms. The molecule has 0 fully saturated rings. The lowest BCUT2D eigenvalue weighted by Crippen LogP contribution is -2.39. The topological polar surface area (TPSA) is 47.6 Å². The molecule has 1 aliphatic carbocycles. The highest BCUT2D eigenvalue weighted by Gasteiger charge is 2.32. The Morgan fingerprint density at radius 1 is 1.11 bits per heavy atom. The van der Waals surface area contributed by atoms with Gasteiger partial charge in [-0.25, -0.2) is 4.79 Å². The third kappa shape index (κ3) is 3.53. The summed E-state index contributed by atoms with van der Waals surface area (Å²) < 4.78 is 11.2. The van der Waals surface area contributed by atoms with Crippen LogP contribution in [0.15, 0.2) is 42.5 Å². The Morgan fingerprint density at radius 3 is 2.75 bits per heavy atom. The normalized spacial score (nSPS) is 23.1. The van der Waals surface area contributed by atoms with Crippen molar-refractivity contribution < 1.29 is 14.3 Å². The molecule has 0 amide bonds. The average Bonchev–Trinajstić information content (AvgIpc) is 3.05. The minimum Gasteiger partial charge on any atom is -0.496 e. The summed E-state index contributed by atoms with van der Waals surface area (Å²) in [5, 5.41) is 3.78. The minimum absolute atomic E-state index is 0.128. The minimum atomic E-state index is -0.192. The van der Waals surface area contributed by atoms with Crippen LogP contribution in [0.25, 0.3) is 0 Å². The van der Waals surface area contributed by atoms with Crippen LogP contribution in [-0.2, 0) is 11.2 Å². The zero-order chi connectivity index (χ0) is 19.5. The smallest absolute Gasteiger partial charge is 0.339 e. The molecular weight excluding hydrogens is 350 g/mol. The van der Waals surface area contributed by atoms with Crippen LogP contribution in [0.3, 0.4) is 0 Å². The van der Waals surface area contributed by atoms with Crippen molar-refractivity contribution in [2.75, 3.05) is 13.7 Å². The van der Waals surface area contributed by atoms with Crippen LogP contribution in [-0.4, -0.2) is 25.7 Å². The number of rotatable bonds is 7. The molecule has 0 saturated heterocycles. The summed E-state index contributed by atoms with van der Waals surface area (Å²) >= 11 is 0. The van der Waals surface area contributed by atoms with E-state index < -0.39 is 0 Å². The zero-order valence-corrected chi connectivity index (χ0v) is 16.7. The first-order chi connectivity index (χ1) is 13.7. The van der Waals surface area contributed by atoms with Crippen molar-refractivity contribution in [3.8, 4) is 5.75 Å². The number of ether oxygens (including phenoxy) is 2. The first-order valence-electron chi connectivity index (χ1n) is 10.4. The van der Waals surface area contributed by atoms with Crippen molar-refractivity contribution in [1.29, 1.82) is 0 Å². The molecule has 148 valence electrons. The number of benzene rings is 2. The summed E-state index contributed by atoms with van der Waals surface area (Å²) in [6, 6.07) is 14.6. The number of fused-ring (bicyclic) bond motifs is 2. The van der Waals surface area contributed by atoms with Gasteiger partial charge in [0.25, 0.3) is 0 Å². The molecule has 4 nitrogen and oxygen atoms in total. The van der Waals surface area contributed by atoms with Crippen molar-refractivity contribution in [3.63, 3.8) is 0 Å². The van der Waals surface area contributed by atoms with Gasteiger partial charge in [0.1, 0.15) is 11.9 Å². The predicted octanol–water partition coefficient (Wildman–Crippen LogP) is 4.79. The molecule has 4 heteroatoms. The van der Waals surface area contributed by atoms with Gasteiger partial charge in [-0.3, -0.25) is 0 Å². The summed E-state index contributed by atoms with van der Waals surface area (Å²) in [6.45, 7) is 3.09. The SMILES string of the molecule is CCCC1c2cccc(OC)c2CCC1NCCC1OC(=O)c2ccccc21. The van der Waals surface area contributed by atoms with E-state index in [9.17, 15) is 4.79 Å². The van der Waals surface area contributed by atoms with Crippen LogP contribution in [0.5, 0.6) is 5.75 Å². The van der Waals surface area contributed by atoms with Gasteiger partial charge in [0.2, 0.25) is 0 Å². The van der Waals surface area contributed by atoms with Crippen LogP contribution >= 0.6 is 0 Å². The van der Waals surface area contributed by atoms with Crippen molar-refractivity contribution in [3.05, 3.63) is 64.7 Å². The second-order valence-electron chi connectivity index (χ2n) is 7.79. The second-order valence-corrected chi connectivity index (χ2v) is 7.79. The predicted molar refractivity (Wildman–Crippen MR) is 110 cm³/mol. The number of hydrogen-bond acceptors (Lipinski definition) is 4. The lowest BCUT2D eigenvalue weighted by Gasteiger charge is -2.35. The standard InChI is InChI=1S/C24H29NO3/c1-3-7-17-16-10-6-11-22(27-2)19(16)12-13-21(17)25-15-14-23-18-8-4-5-9-20(18)24(26)28-23/h4-6,8-11,17,21,23,25H,3,7,12-15H2,1-2H3. The first-order valence-corrected chi connectivity index (χ1v) is 10.4. The first kappa shape index (κ1) is 19.0. The third-order valence-electron chi connectivity index (χ3n) is 6.17. The average molecular weight is 380 g/mol. The van der Waals surface area contributed by atoms with E-state index in [0.29, 0.717) is 12.0 Å². The largest absolute Gasteiger partial charge is 0.496 e. The Kier molecular flexibility index (Phi) is 5.67. The van der Waals surface area contributed by atoms with E-state index in [1.54, 1.807) is 7.11 Å². The highest BCUT2D eigenvalue weighted by atomic mass is 16.5. The number of esters is 1. The van der Waals surface area contributed by atoms with E-state index in [1.165, 1.54) is 17.5 Å². The fourth-order valence-corrected chi connectivity index (χ4v) is 4.85. The lowest BCUT2D eigenvalue weighted by molar-refractivity contribution is 0.0367. The summed E-state index contributed by atoms with van der Waals surface area (Å²) in [4.78, 5) is 12.0. The van der Waals surface area contributed by atoms with Crippen LogP contribution in [0, 0.1) is 0 Å². The number of carbonyl (C=O) groups excluding carboxylic acids is 1. The number of hydrogen-bond donors (Lipinski definition) is 1. The third-order valence-corrected chi connectivity index (χ3v) is 6.17. The van der Waals surface area contributed by atoms with Gasteiger partial charge in [0.05, 0.1) is 12.7 Å². The van der Waals surface area contributed by atoms with Crippen molar-refractivity contribution in [2.45, 2.75) is 57.1 Å². The van der Waals surface area contributed by atoms with E-state index in [1.807, 2.05) is 24.3 Å². The number of carbonyl (C=O) groups is 1. The molecule has 2 aromatic rings.